The van der Waals surface area contributed by atoms with E-state index < -0.39 is 0 Å². The van der Waals surface area contributed by atoms with Gasteiger partial charge in [0.05, 0.1) is 26.2 Å². The maximum atomic E-state index is 13.2. The summed E-state index contributed by atoms with van der Waals surface area (Å²) in [6.45, 7) is 3.79. The third-order valence-corrected chi connectivity index (χ3v) is 5.49. The van der Waals surface area contributed by atoms with E-state index in [1.54, 1.807) is 7.11 Å². The molecule has 26 heavy (non-hydrogen) atoms. The Morgan fingerprint density at radius 2 is 2.04 bits per heavy atom. The highest BCUT2D eigenvalue weighted by Crippen LogP contribution is 2.34. The van der Waals surface area contributed by atoms with Crippen LogP contribution in [-0.4, -0.2) is 52.0 Å². The zero-order valence-corrected chi connectivity index (χ0v) is 15.3. The molecular weight excluding hydrogens is 328 g/mol. The van der Waals surface area contributed by atoms with E-state index in [-0.39, 0.29) is 11.9 Å². The average Bonchev–Trinajstić information content (AvgIpc) is 3.15. The van der Waals surface area contributed by atoms with Crippen molar-refractivity contribution in [2.75, 3.05) is 26.7 Å². The molecule has 4 rings (SSSR count). The first kappa shape index (κ1) is 17.1. The standard InChI is InChI=1S/C20H26N4O2/c1-26-18-8-4-3-7-16(18)17-13-23-12-9-21-19(23)14-24(17)20(25)15-22-10-5-2-6-11-22/h3-4,7-9,12,17H,2,5-6,10-11,13-15H2,1H3/t17-/m1/s1. The lowest BCUT2D eigenvalue weighted by molar-refractivity contribution is -0.137. The number of amides is 1. The Bertz CT molecular complexity index is 767. The number of carbonyl (C=O) groups is 1. The SMILES string of the molecule is COc1ccccc1[C@H]1Cn2ccnc2CN1C(=O)CN1CCCCC1. The van der Waals surface area contributed by atoms with Crippen molar-refractivity contribution in [3.05, 3.63) is 48.0 Å². The van der Waals surface area contributed by atoms with Gasteiger partial charge < -0.3 is 14.2 Å². The Kier molecular flexibility index (Phi) is 4.93. The summed E-state index contributed by atoms with van der Waals surface area (Å²) in [7, 11) is 1.68. The van der Waals surface area contributed by atoms with E-state index in [0.717, 1.165) is 30.2 Å². The van der Waals surface area contributed by atoms with Gasteiger partial charge in [-0.2, -0.15) is 0 Å². The Morgan fingerprint density at radius 1 is 1.23 bits per heavy atom. The molecule has 3 heterocycles. The number of fused-ring (bicyclic) bond motifs is 1. The Balaban J connectivity index is 1.62. The predicted molar refractivity (Wildman–Crippen MR) is 98.8 cm³/mol. The van der Waals surface area contributed by atoms with Gasteiger partial charge in [-0.25, -0.2) is 4.98 Å². The van der Waals surface area contributed by atoms with Crippen LogP contribution in [0.5, 0.6) is 5.75 Å². The minimum absolute atomic E-state index is 0.0369. The van der Waals surface area contributed by atoms with Crippen LogP contribution in [0.3, 0.4) is 0 Å². The van der Waals surface area contributed by atoms with Gasteiger partial charge in [-0.05, 0) is 32.0 Å². The summed E-state index contributed by atoms with van der Waals surface area (Å²) in [5.74, 6) is 1.96. The minimum Gasteiger partial charge on any atom is -0.496 e. The van der Waals surface area contributed by atoms with Crippen molar-refractivity contribution in [3.63, 3.8) is 0 Å². The summed E-state index contributed by atoms with van der Waals surface area (Å²) in [6, 6.07) is 7.96. The summed E-state index contributed by atoms with van der Waals surface area (Å²) in [5.41, 5.74) is 1.06. The van der Waals surface area contributed by atoms with Crippen molar-refractivity contribution in [1.82, 2.24) is 19.4 Å². The number of rotatable bonds is 4. The first-order valence-electron chi connectivity index (χ1n) is 9.41. The molecule has 0 unspecified atom stereocenters. The van der Waals surface area contributed by atoms with Crippen molar-refractivity contribution in [1.29, 1.82) is 0 Å². The normalized spacial score (nSPS) is 20.7. The van der Waals surface area contributed by atoms with Crippen molar-refractivity contribution in [2.24, 2.45) is 0 Å². The van der Waals surface area contributed by atoms with Crippen LogP contribution in [0.4, 0.5) is 0 Å². The monoisotopic (exact) mass is 354 g/mol. The number of benzene rings is 1. The second-order valence-electron chi connectivity index (χ2n) is 7.11. The van der Waals surface area contributed by atoms with Crippen molar-refractivity contribution in [3.8, 4) is 5.75 Å². The van der Waals surface area contributed by atoms with Crippen LogP contribution < -0.4 is 4.74 Å². The molecule has 2 aliphatic rings. The van der Waals surface area contributed by atoms with Gasteiger partial charge in [0.2, 0.25) is 5.91 Å². The van der Waals surface area contributed by atoms with E-state index in [9.17, 15) is 4.79 Å². The third-order valence-electron chi connectivity index (χ3n) is 5.49. The van der Waals surface area contributed by atoms with Crippen LogP contribution in [0, 0.1) is 0 Å². The molecule has 1 fully saturated rings. The van der Waals surface area contributed by atoms with Gasteiger partial charge in [0.1, 0.15) is 11.6 Å². The van der Waals surface area contributed by atoms with E-state index >= 15 is 0 Å². The Morgan fingerprint density at radius 3 is 2.85 bits per heavy atom. The Labute approximate surface area is 154 Å². The molecular formula is C20H26N4O2. The number of methoxy groups -OCH3 is 1. The van der Waals surface area contributed by atoms with Crippen LogP contribution in [0.25, 0.3) is 0 Å². The number of ether oxygens (including phenoxy) is 1. The van der Waals surface area contributed by atoms with Gasteiger partial charge in [-0.15, -0.1) is 0 Å². The fourth-order valence-corrected chi connectivity index (χ4v) is 4.07. The highest BCUT2D eigenvalue weighted by molar-refractivity contribution is 5.79. The number of aromatic nitrogens is 2. The van der Waals surface area contributed by atoms with Gasteiger partial charge >= 0.3 is 0 Å². The van der Waals surface area contributed by atoms with E-state index in [1.165, 1.54) is 19.3 Å². The number of hydrogen-bond donors (Lipinski definition) is 0. The molecule has 1 saturated heterocycles. The molecule has 2 aliphatic heterocycles. The zero-order chi connectivity index (χ0) is 17.9. The number of likely N-dealkylation sites (tertiary alicyclic amines) is 1. The van der Waals surface area contributed by atoms with E-state index in [0.29, 0.717) is 19.6 Å². The lowest BCUT2D eigenvalue weighted by Gasteiger charge is -2.38. The zero-order valence-electron chi connectivity index (χ0n) is 15.3. The number of hydrogen-bond acceptors (Lipinski definition) is 4. The van der Waals surface area contributed by atoms with Gasteiger partial charge in [0, 0.05) is 24.5 Å². The molecule has 0 N–H and O–H groups in total. The van der Waals surface area contributed by atoms with Crippen LogP contribution in [0.2, 0.25) is 0 Å². The molecule has 6 heteroatoms. The summed E-state index contributed by atoms with van der Waals surface area (Å²) in [4.78, 5) is 21.9. The van der Waals surface area contributed by atoms with E-state index in [1.807, 2.05) is 35.5 Å². The van der Waals surface area contributed by atoms with E-state index in [4.69, 9.17) is 4.74 Å². The summed E-state index contributed by atoms with van der Waals surface area (Å²) < 4.78 is 7.71. The van der Waals surface area contributed by atoms with Crippen molar-refractivity contribution < 1.29 is 9.53 Å². The van der Waals surface area contributed by atoms with Gasteiger partial charge in [0.15, 0.2) is 0 Å². The number of para-hydroxylation sites is 1. The highest BCUT2D eigenvalue weighted by atomic mass is 16.5. The molecule has 0 saturated carbocycles. The molecule has 138 valence electrons. The highest BCUT2D eigenvalue weighted by Gasteiger charge is 2.33. The lowest BCUT2D eigenvalue weighted by atomic mass is 10.0. The average molecular weight is 354 g/mol. The summed E-state index contributed by atoms with van der Waals surface area (Å²) in [6.07, 6.45) is 7.45. The molecule has 1 aromatic heterocycles. The second-order valence-corrected chi connectivity index (χ2v) is 7.11. The van der Waals surface area contributed by atoms with Gasteiger partial charge in [0.25, 0.3) is 0 Å². The second kappa shape index (κ2) is 7.50. The van der Waals surface area contributed by atoms with Gasteiger partial charge in [-0.1, -0.05) is 24.6 Å². The van der Waals surface area contributed by atoms with Crippen molar-refractivity contribution >= 4 is 5.91 Å². The molecule has 1 amide bonds. The maximum Gasteiger partial charge on any atom is 0.237 e. The molecule has 0 aliphatic carbocycles. The molecule has 2 aromatic rings. The lowest BCUT2D eigenvalue weighted by Crippen LogP contribution is -2.46. The smallest absolute Gasteiger partial charge is 0.237 e. The first-order valence-corrected chi connectivity index (χ1v) is 9.41. The largest absolute Gasteiger partial charge is 0.496 e. The number of nitrogens with zero attached hydrogens (tertiary/aromatic N) is 4. The fourth-order valence-electron chi connectivity index (χ4n) is 4.07. The van der Waals surface area contributed by atoms with Crippen molar-refractivity contribution in [2.45, 2.75) is 38.4 Å². The van der Waals surface area contributed by atoms with Crippen LogP contribution in [0.15, 0.2) is 36.7 Å². The van der Waals surface area contributed by atoms with E-state index in [2.05, 4.69) is 20.5 Å². The quantitative estimate of drug-likeness (QED) is 0.846. The topological polar surface area (TPSA) is 50.6 Å². The molecule has 1 atom stereocenters. The maximum absolute atomic E-state index is 13.2. The molecule has 1 aromatic carbocycles. The number of imidazole rings is 1. The summed E-state index contributed by atoms with van der Waals surface area (Å²) >= 11 is 0. The van der Waals surface area contributed by atoms with Crippen LogP contribution >= 0.6 is 0 Å². The molecule has 0 radical (unpaired) electrons. The molecule has 0 bridgehead atoms. The molecule has 6 nitrogen and oxygen atoms in total. The minimum atomic E-state index is -0.0369. The first-order chi connectivity index (χ1) is 12.8. The fraction of sp³-hybridized carbons (Fsp3) is 0.500. The van der Waals surface area contributed by atoms with Crippen LogP contribution in [0.1, 0.15) is 36.7 Å². The Hall–Kier alpha value is -2.34. The predicted octanol–water partition coefficient (Wildman–Crippen LogP) is 2.46. The molecule has 0 spiro atoms. The third kappa shape index (κ3) is 3.33. The summed E-state index contributed by atoms with van der Waals surface area (Å²) in [5, 5.41) is 0. The van der Waals surface area contributed by atoms with Crippen LogP contribution in [-0.2, 0) is 17.9 Å². The van der Waals surface area contributed by atoms with Gasteiger partial charge in [-0.3, -0.25) is 9.69 Å². The number of piperidine rings is 1. The number of carbonyl (C=O) groups excluding carboxylic acids is 1.